The number of amides is 2. The number of halogens is 4. The van der Waals surface area contributed by atoms with Crippen molar-refractivity contribution in [2.45, 2.75) is 38.8 Å². The van der Waals surface area contributed by atoms with E-state index in [1.807, 2.05) is 48.5 Å². The third-order valence-corrected chi connectivity index (χ3v) is 12.0. The smallest absolute Gasteiger partial charge is 0.347 e. The van der Waals surface area contributed by atoms with E-state index >= 15 is 0 Å². The maximum atomic E-state index is 13.2. The van der Waals surface area contributed by atoms with Gasteiger partial charge in [-0.05, 0) is 109 Å². The Morgan fingerprint density at radius 1 is 0.515 bits per heavy atom. The Labute approximate surface area is 409 Å². The molecule has 0 unspecified atom stereocenters. The van der Waals surface area contributed by atoms with Crippen LogP contribution in [0, 0.1) is 0 Å². The summed E-state index contributed by atoms with van der Waals surface area (Å²) in [6, 6.07) is 34.7. The number of benzene rings is 6. The van der Waals surface area contributed by atoms with Crippen LogP contribution >= 0.6 is 46.4 Å². The number of unbranched alkanes of at least 4 members (excludes halogenated alkanes) is 1. The van der Waals surface area contributed by atoms with Crippen LogP contribution < -0.4 is 29.6 Å². The zero-order valence-electron chi connectivity index (χ0n) is 36.4. The van der Waals surface area contributed by atoms with Crippen LogP contribution in [0.4, 0.5) is 11.4 Å². The SMILES string of the molecule is COc1ccc2c(c1)c(OC(=O)c1c(Cl)cccc1Cl)nn2Cc1cccc(NC(=O)CCCCC(=O)Nc2cccc(Cn3nc(OC(=O)c4c(Cl)cccc4Cl)c4cc(OC)ccc43)c2)c1. The van der Waals surface area contributed by atoms with Gasteiger partial charge in [0.15, 0.2) is 0 Å². The molecule has 0 aliphatic heterocycles. The highest BCUT2D eigenvalue weighted by Gasteiger charge is 2.23. The van der Waals surface area contributed by atoms with Gasteiger partial charge in [-0.2, -0.15) is 0 Å². The fourth-order valence-corrected chi connectivity index (χ4v) is 8.53. The van der Waals surface area contributed by atoms with Crippen LogP contribution in [0.5, 0.6) is 23.3 Å². The average molecular weight is 995 g/mol. The molecule has 0 spiro atoms. The lowest BCUT2D eigenvalue weighted by Crippen LogP contribution is -2.14. The quantitative estimate of drug-likeness (QED) is 0.0662. The number of nitrogens with one attached hydrogen (secondary N) is 2. The van der Waals surface area contributed by atoms with Crippen molar-refractivity contribution in [3.05, 3.63) is 164 Å². The van der Waals surface area contributed by atoms with Gasteiger partial charge in [0.05, 0.1) is 80.3 Å². The molecule has 0 aliphatic carbocycles. The lowest BCUT2D eigenvalue weighted by atomic mass is 10.1. The van der Waals surface area contributed by atoms with Crippen molar-refractivity contribution < 1.29 is 38.1 Å². The van der Waals surface area contributed by atoms with Crippen molar-refractivity contribution in [2.24, 2.45) is 0 Å². The number of nitrogens with zero attached hydrogens (tertiary/aromatic N) is 4. The molecule has 0 fully saturated rings. The Hall–Kier alpha value is -7.10. The van der Waals surface area contributed by atoms with Crippen LogP contribution in [0.25, 0.3) is 21.8 Å². The number of esters is 2. The first kappa shape index (κ1) is 47.4. The topological polar surface area (TPSA) is 165 Å². The molecule has 18 heteroatoms. The second-order valence-corrected chi connectivity index (χ2v) is 17.0. The second kappa shape index (κ2) is 21.2. The maximum absolute atomic E-state index is 13.2. The number of rotatable bonds is 17. The molecule has 2 amide bonds. The van der Waals surface area contributed by atoms with Gasteiger partial charge in [-0.25, -0.2) is 9.59 Å². The van der Waals surface area contributed by atoms with Crippen LogP contribution in [-0.2, 0) is 22.7 Å². The molecule has 14 nitrogen and oxygen atoms in total. The van der Waals surface area contributed by atoms with E-state index in [9.17, 15) is 19.2 Å². The Balaban J connectivity index is 0.844. The first-order valence-corrected chi connectivity index (χ1v) is 22.6. The molecule has 0 aliphatic rings. The van der Waals surface area contributed by atoms with Crippen LogP contribution in [0.1, 0.15) is 57.5 Å². The van der Waals surface area contributed by atoms with Crippen LogP contribution in [-0.4, -0.2) is 57.5 Å². The molecular weight excluding hydrogens is 954 g/mol. The van der Waals surface area contributed by atoms with Crippen LogP contribution in [0.2, 0.25) is 20.1 Å². The predicted molar refractivity (Wildman–Crippen MR) is 262 cm³/mol. The molecule has 8 rings (SSSR count). The zero-order valence-corrected chi connectivity index (χ0v) is 39.4. The van der Waals surface area contributed by atoms with Gasteiger partial charge in [0.2, 0.25) is 23.6 Å². The number of methoxy groups -OCH3 is 2. The highest BCUT2D eigenvalue weighted by molar-refractivity contribution is 6.40. The average Bonchev–Trinajstić information content (AvgIpc) is 3.82. The third-order valence-electron chi connectivity index (χ3n) is 10.7. The number of hydrogen-bond donors (Lipinski definition) is 2. The van der Waals surface area contributed by atoms with Gasteiger partial charge in [-0.1, -0.05) is 82.8 Å². The first-order valence-electron chi connectivity index (χ1n) is 21.1. The van der Waals surface area contributed by atoms with Crippen LogP contribution in [0.3, 0.4) is 0 Å². The summed E-state index contributed by atoms with van der Waals surface area (Å²) in [5, 5.41) is 16.8. The summed E-state index contributed by atoms with van der Waals surface area (Å²) < 4.78 is 25.7. The number of ether oxygens (including phenoxy) is 4. The summed E-state index contributed by atoms with van der Waals surface area (Å²) in [5.74, 6) is -0.735. The fraction of sp³-hybridized carbons (Fsp3) is 0.160. The molecule has 8 aromatic rings. The number of aromatic nitrogens is 4. The van der Waals surface area contributed by atoms with Crippen LogP contribution in [0.15, 0.2) is 121 Å². The van der Waals surface area contributed by atoms with Gasteiger partial charge in [-0.15, -0.1) is 10.2 Å². The highest BCUT2D eigenvalue weighted by Crippen LogP contribution is 2.34. The summed E-state index contributed by atoms with van der Waals surface area (Å²) >= 11 is 25.1. The predicted octanol–water partition coefficient (Wildman–Crippen LogP) is 11.7. The van der Waals surface area contributed by atoms with Gasteiger partial charge in [0.25, 0.3) is 0 Å². The largest absolute Gasteiger partial charge is 0.497 e. The van der Waals surface area contributed by atoms with Gasteiger partial charge in [0, 0.05) is 24.2 Å². The van der Waals surface area contributed by atoms with Crippen molar-refractivity contribution in [1.82, 2.24) is 19.6 Å². The minimum absolute atomic E-state index is 0.0245. The molecule has 68 heavy (non-hydrogen) atoms. The van der Waals surface area contributed by atoms with E-state index < -0.39 is 11.9 Å². The lowest BCUT2D eigenvalue weighted by molar-refractivity contribution is -0.118. The summed E-state index contributed by atoms with van der Waals surface area (Å²) in [6.07, 6.45) is 1.37. The van der Waals surface area contributed by atoms with E-state index in [2.05, 4.69) is 20.8 Å². The van der Waals surface area contributed by atoms with Gasteiger partial charge in [0.1, 0.15) is 11.5 Å². The molecule has 2 N–H and O–H groups in total. The van der Waals surface area contributed by atoms with E-state index in [0.29, 0.717) is 57.5 Å². The first-order chi connectivity index (χ1) is 32.9. The molecule has 2 heterocycles. The number of anilines is 2. The Bertz CT molecular complexity index is 2970. The van der Waals surface area contributed by atoms with Crippen molar-refractivity contribution in [2.75, 3.05) is 24.9 Å². The molecule has 6 aromatic carbocycles. The van der Waals surface area contributed by atoms with Crippen molar-refractivity contribution in [3.8, 4) is 23.3 Å². The number of carbonyl (C=O) groups excluding carboxylic acids is 4. The zero-order chi connectivity index (χ0) is 47.9. The molecule has 2 aromatic heterocycles. The van der Waals surface area contributed by atoms with Crippen molar-refractivity contribution in [3.63, 3.8) is 0 Å². The number of carbonyl (C=O) groups is 4. The number of fused-ring (bicyclic) bond motifs is 2. The summed E-state index contributed by atoms with van der Waals surface area (Å²) in [6.45, 7) is 0.564. The standard InChI is InChI=1S/C50H40Cl4N6O8/c1-65-33-19-21-41-35(25-33)47(67-49(63)45-37(51)13-7-14-38(45)52)57-59(41)27-29-9-5-11-31(23-29)55-43(61)17-3-4-18-44(62)56-32-12-6-10-30(24-32)28-60-42-22-20-34(66-2)26-36(42)48(58-60)68-50(64)46-39(53)15-8-16-40(46)54/h5-16,19-26H,3-4,17-18,27-28H2,1-2H3,(H,55,61)(H,56,62). The molecule has 0 atom stereocenters. The van der Waals surface area contributed by atoms with Gasteiger partial charge >= 0.3 is 11.9 Å². The van der Waals surface area contributed by atoms with Crippen molar-refractivity contribution >= 4 is 103 Å². The Morgan fingerprint density at radius 2 is 0.897 bits per heavy atom. The Morgan fingerprint density at radius 3 is 1.28 bits per heavy atom. The maximum Gasteiger partial charge on any atom is 0.347 e. The van der Waals surface area contributed by atoms with E-state index in [1.165, 1.54) is 14.2 Å². The minimum atomic E-state index is -0.759. The monoisotopic (exact) mass is 992 g/mol. The Kier molecular flexibility index (Phi) is 14.8. The van der Waals surface area contributed by atoms with E-state index in [0.717, 1.165) is 11.1 Å². The summed E-state index contributed by atoms with van der Waals surface area (Å²) in [5.41, 5.74) is 4.21. The van der Waals surface area contributed by atoms with Gasteiger partial charge < -0.3 is 29.6 Å². The second-order valence-electron chi connectivity index (χ2n) is 15.4. The number of hydrogen-bond acceptors (Lipinski definition) is 10. The van der Waals surface area contributed by atoms with E-state index in [1.54, 1.807) is 82.2 Å². The minimum Gasteiger partial charge on any atom is -0.497 e. The summed E-state index contributed by atoms with van der Waals surface area (Å²) in [7, 11) is 3.07. The van der Waals surface area contributed by atoms with Crippen molar-refractivity contribution in [1.29, 1.82) is 0 Å². The highest BCUT2D eigenvalue weighted by atomic mass is 35.5. The lowest BCUT2D eigenvalue weighted by Gasteiger charge is -2.10. The van der Waals surface area contributed by atoms with Gasteiger partial charge in [-0.3, -0.25) is 19.0 Å². The molecule has 0 saturated carbocycles. The molecule has 0 saturated heterocycles. The molecular formula is C50H40Cl4N6O8. The summed E-state index contributed by atoms with van der Waals surface area (Å²) in [4.78, 5) is 52.4. The molecule has 346 valence electrons. The molecule has 0 radical (unpaired) electrons. The van der Waals surface area contributed by atoms with E-state index in [4.69, 9.17) is 65.4 Å². The molecule has 0 bridgehead atoms. The normalized spacial score (nSPS) is 11.1. The fourth-order valence-electron chi connectivity index (χ4n) is 7.43. The van der Waals surface area contributed by atoms with E-state index in [-0.39, 0.29) is 80.7 Å². The third kappa shape index (κ3) is 11.0.